The molecule has 0 aliphatic rings. The Morgan fingerprint density at radius 2 is 1.89 bits per heavy atom. The molecule has 0 fully saturated rings. The highest BCUT2D eigenvalue weighted by Gasteiger charge is 2.07. The molecule has 0 atom stereocenters. The Bertz CT molecular complexity index is 590. The summed E-state index contributed by atoms with van der Waals surface area (Å²) in [6.07, 6.45) is 0.631. The van der Waals surface area contributed by atoms with Gasteiger partial charge in [-0.1, -0.05) is 23.2 Å². The second-order valence-electron chi connectivity index (χ2n) is 3.97. The molecule has 0 amide bonds. The molecule has 0 radical (unpaired) electrons. The van der Waals surface area contributed by atoms with Crippen molar-refractivity contribution >= 4 is 23.2 Å². The Kier molecular flexibility index (Phi) is 4.64. The molecule has 2 N–H and O–H groups in total. The smallest absolute Gasteiger partial charge is 0.145 e. The van der Waals surface area contributed by atoms with E-state index in [1.165, 1.54) is 12.1 Å². The number of nitrogens with two attached hydrogens (primary N) is 1. The highest BCUT2D eigenvalue weighted by molar-refractivity contribution is 6.31. The predicted molar refractivity (Wildman–Crippen MR) is 75.7 cm³/mol. The van der Waals surface area contributed by atoms with E-state index in [4.69, 9.17) is 33.7 Å². The van der Waals surface area contributed by atoms with Gasteiger partial charge in [0.25, 0.3) is 0 Å². The van der Waals surface area contributed by atoms with Crippen molar-refractivity contribution in [2.24, 2.45) is 5.73 Å². The van der Waals surface area contributed by atoms with Crippen LogP contribution < -0.4 is 10.5 Å². The number of benzene rings is 2. The Morgan fingerprint density at radius 3 is 2.58 bits per heavy atom. The van der Waals surface area contributed by atoms with Gasteiger partial charge in [-0.25, -0.2) is 4.39 Å². The molecule has 0 saturated carbocycles. The summed E-state index contributed by atoms with van der Waals surface area (Å²) in [6, 6.07) is 9.53. The Labute approximate surface area is 120 Å². The lowest BCUT2D eigenvalue weighted by atomic mass is 10.1. The van der Waals surface area contributed by atoms with Crippen molar-refractivity contribution in [1.29, 1.82) is 0 Å². The number of hydrogen-bond donors (Lipinski definition) is 1. The molecule has 5 heteroatoms. The fourth-order valence-corrected chi connectivity index (χ4v) is 1.98. The van der Waals surface area contributed by atoms with E-state index < -0.39 is 5.82 Å². The third kappa shape index (κ3) is 3.60. The van der Waals surface area contributed by atoms with Crippen LogP contribution in [-0.4, -0.2) is 6.54 Å². The lowest BCUT2D eigenvalue weighted by Crippen LogP contribution is -2.04. The molecule has 2 rings (SSSR count). The second kappa shape index (κ2) is 6.24. The summed E-state index contributed by atoms with van der Waals surface area (Å²) in [6.45, 7) is 0.478. The summed E-state index contributed by atoms with van der Waals surface area (Å²) >= 11 is 11.5. The highest BCUT2D eigenvalue weighted by atomic mass is 35.5. The first kappa shape index (κ1) is 14.1. The SMILES string of the molecule is NCCc1cc(Cl)ccc1Oc1ccc(Cl)c(F)c1. The molecule has 2 aromatic carbocycles. The molecule has 0 aliphatic carbocycles. The molecule has 0 spiro atoms. The van der Waals surface area contributed by atoms with Crippen molar-refractivity contribution in [2.45, 2.75) is 6.42 Å². The fourth-order valence-electron chi connectivity index (χ4n) is 1.67. The van der Waals surface area contributed by atoms with E-state index >= 15 is 0 Å². The lowest BCUT2D eigenvalue weighted by Gasteiger charge is -2.11. The molecule has 0 aliphatic heterocycles. The van der Waals surface area contributed by atoms with Crippen LogP contribution in [0.3, 0.4) is 0 Å². The number of rotatable bonds is 4. The molecule has 0 bridgehead atoms. The summed E-state index contributed by atoms with van der Waals surface area (Å²) in [7, 11) is 0. The van der Waals surface area contributed by atoms with Crippen LogP contribution in [0, 0.1) is 5.82 Å². The molecule has 2 nitrogen and oxygen atoms in total. The van der Waals surface area contributed by atoms with Crippen LogP contribution in [0.15, 0.2) is 36.4 Å². The van der Waals surface area contributed by atoms with Gasteiger partial charge in [-0.3, -0.25) is 0 Å². The largest absolute Gasteiger partial charge is 0.457 e. The van der Waals surface area contributed by atoms with Crippen LogP contribution in [0.4, 0.5) is 4.39 Å². The molecule has 0 saturated heterocycles. The minimum absolute atomic E-state index is 0.0608. The molecule has 0 aromatic heterocycles. The van der Waals surface area contributed by atoms with Gasteiger partial charge in [0.1, 0.15) is 17.3 Å². The van der Waals surface area contributed by atoms with E-state index in [1.54, 1.807) is 24.3 Å². The van der Waals surface area contributed by atoms with E-state index in [9.17, 15) is 4.39 Å². The summed E-state index contributed by atoms with van der Waals surface area (Å²) in [5.74, 6) is 0.465. The number of ether oxygens (including phenoxy) is 1. The summed E-state index contributed by atoms with van der Waals surface area (Å²) < 4.78 is 19.0. The topological polar surface area (TPSA) is 35.2 Å². The van der Waals surface area contributed by atoms with Crippen molar-refractivity contribution in [3.8, 4) is 11.5 Å². The number of hydrogen-bond acceptors (Lipinski definition) is 2. The zero-order valence-electron chi connectivity index (χ0n) is 10.00. The van der Waals surface area contributed by atoms with Gasteiger partial charge in [0.2, 0.25) is 0 Å². The van der Waals surface area contributed by atoms with Gasteiger partial charge in [0, 0.05) is 11.1 Å². The van der Waals surface area contributed by atoms with Gasteiger partial charge in [0.05, 0.1) is 5.02 Å². The highest BCUT2D eigenvalue weighted by Crippen LogP contribution is 2.29. The maximum Gasteiger partial charge on any atom is 0.145 e. The Hall–Kier alpha value is -1.29. The van der Waals surface area contributed by atoms with Gasteiger partial charge >= 0.3 is 0 Å². The van der Waals surface area contributed by atoms with Crippen LogP contribution in [0.25, 0.3) is 0 Å². The van der Waals surface area contributed by atoms with Crippen LogP contribution in [-0.2, 0) is 6.42 Å². The van der Waals surface area contributed by atoms with Gasteiger partial charge in [-0.15, -0.1) is 0 Å². The van der Waals surface area contributed by atoms with Crippen molar-refractivity contribution in [2.75, 3.05) is 6.54 Å². The molecule has 2 aromatic rings. The lowest BCUT2D eigenvalue weighted by molar-refractivity contribution is 0.471. The Morgan fingerprint density at radius 1 is 1.11 bits per heavy atom. The van der Waals surface area contributed by atoms with Crippen LogP contribution in [0.1, 0.15) is 5.56 Å². The van der Waals surface area contributed by atoms with Crippen molar-refractivity contribution in [3.63, 3.8) is 0 Å². The normalized spacial score (nSPS) is 10.5. The zero-order valence-corrected chi connectivity index (χ0v) is 11.5. The average molecular weight is 300 g/mol. The van der Waals surface area contributed by atoms with E-state index in [1.807, 2.05) is 0 Å². The Balaban J connectivity index is 2.29. The van der Waals surface area contributed by atoms with Gasteiger partial charge in [-0.05, 0) is 48.9 Å². The van der Waals surface area contributed by atoms with Crippen LogP contribution in [0.2, 0.25) is 10.0 Å². The molecule has 0 unspecified atom stereocenters. The fraction of sp³-hybridized carbons (Fsp3) is 0.143. The molecular weight excluding hydrogens is 288 g/mol. The minimum Gasteiger partial charge on any atom is -0.457 e. The quantitative estimate of drug-likeness (QED) is 0.906. The van der Waals surface area contributed by atoms with Gasteiger partial charge in [-0.2, -0.15) is 0 Å². The first-order valence-corrected chi connectivity index (χ1v) is 6.47. The summed E-state index contributed by atoms with van der Waals surface area (Å²) in [4.78, 5) is 0. The third-order valence-corrected chi connectivity index (χ3v) is 3.10. The van der Waals surface area contributed by atoms with Crippen molar-refractivity contribution in [3.05, 3.63) is 57.8 Å². The van der Waals surface area contributed by atoms with Crippen LogP contribution in [0.5, 0.6) is 11.5 Å². The van der Waals surface area contributed by atoms with Crippen LogP contribution >= 0.6 is 23.2 Å². The standard InChI is InChI=1S/C14H12Cl2FNO/c15-10-1-4-14(9(7-10)5-6-18)19-11-2-3-12(16)13(17)8-11/h1-4,7-8H,5-6,18H2. The first-order valence-electron chi connectivity index (χ1n) is 5.71. The summed E-state index contributed by atoms with van der Waals surface area (Å²) in [5, 5.41) is 0.670. The maximum atomic E-state index is 13.3. The zero-order chi connectivity index (χ0) is 13.8. The third-order valence-electron chi connectivity index (χ3n) is 2.56. The van der Waals surface area contributed by atoms with Gasteiger partial charge in [0.15, 0.2) is 0 Å². The monoisotopic (exact) mass is 299 g/mol. The number of halogens is 3. The molecular formula is C14H12Cl2FNO. The van der Waals surface area contributed by atoms with Gasteiger partial charge < -0.3 is 10.5 Å². The molecule has 0 heterocycles. The second-order valence-corrected chi connectivity index (χ2v) is 4.81. The molecule has 100 valence electrons. The maximum absolute atomic E-state index is 13.3. The van der Waals surface area contributed by atoms with Crippen molar-refractivity contribution < 1.29 is 9.13 Å². The minimum atomic E-state index is -0.520. The average Bonchev–Trinajstić information content (AvgIpc) is 2.37. The first-order chi connectivity index (χ1) is 9.10. The van der Waals surface area contributed by atoms with E-state index in [-0.39, 0.29) is 5.02 Å². The van der Waals surface area contributed by atoms with E-state index in [0.717, 1.165) is 5.56 Å². The molecule has 19 heavy (non-hydrogen) atoms. The van der Waals surface area contributed by atoms with E-state index in [0.29, 0.717) is 29.5 Å². The summed E-state index contributed by atoms with van der Waals surface area (Å²) in [5.41, 5.74) is 6.42. The van der Waals surface area contributed by atoms with E-state index in [2.05, 4.69) is 0 Å². The van der Waals surface area contributed by atoms with Crippen molar-refractivity contribution in [1.82, 2.24) is 0 Å². The predicted octanol–water partition coefficient (Wildman–Crippen LogP) is 4.43.